The van der Waals surface area contributed by atoms with Crippen LogP contribution in [0.5, 0.6) is 0 Å². The molecule has 0 fully saturated rings. The van der Waals surface area contributed by atoms with Crippen LogP contribution in [0.4, 0.5) is 0 Å². The molecule has 0 aliphatic rings. The third-order valence-electron chi connectivity index (χ3n) is 7.71. The van der Waals surface area contributed by atoms with Crippen LogP contribution in [0.2, 0.25) is 0 Å². The average molecular weight is 422 g/mol. The van der Waals surface area contributed by atoms with Gasteiger partial charge < -0.3 is 0 Å². The Bertz CT molecular complexity index is 690. The van der Waals surface area contributed by atoms with E-state index in [9.17, 15) is 0 Å². The van der Waals surface area contributed by atoms with Gasteiger partial charge in [-0.3, -0.25) is 4.98 Å². The topological polar surface area (TPSA) is 12.9 Å². The molecular weight excluding hydrogens is 374 g/mol. The Morgan fingerprint density at radius 2 is 1.19 bits per heavy atom. The van der Waals surface area contributed by atoms with Crippen LogP contribution in [-0.2, 0) is 6.42 Å². The van der Waals surface area contributed by atoms with Crippen LogP contribution in [0, 0.1) is 23.2 Å². The van der Waals surface area contributed by atoms with Crippen molar-refractivity contribution in [3.63, 3.8) is 0 Å². The van der Waals surface area contributed by atoms with Crippen LogP contribution >= 0.6 is 0 Å². The highest BCUT2D eigenvalue weighted by Gasteiger charge is 2.39. The molecule has 1 nitrogen and oxygen atoms in total. The Hall–Kier alpha value is -1.63. The molecular formula is C30H47N. The van der Waals surface area contributed by atoms with Gasteiger partial charge >= 0.3 is 0 Å². The number of hydrogen-bond donors (Lipinski definition) is 0. The highest BCUT2D eigenvalue weighted by molar-refractivity contribution is 5.58. The molecule has 172 valence electrons. The molecule has 0 radical (unpaired) electrons. The van der Waals surface area contributed by atoms with Crippen molar-refractivity contribution in [2.45, 2.75) is 99.3 Å². The van der Waals surface area contributed by atoms with E-state index in [1.165, 1.54) is 68.9 Å². The van der Waals surface area contributed by atoms with Crippen molar-refractivity contribution >= 4 is 0 Å². The molecule has 2 aromatic rings. The van der Waals surface area contributed by atoms with Gasteiger partial charge in [-0.25, -0.2) is 0 Å². The Kier molecular flexibility index (Phi) is 10.8. The first-order valence-electron chi connectivity index (χ1n) is 12.9. The maximum atomic E-state index is 4.43. The summed E-state index contributed by atoms with van der Waals surface area (Å²) in [7, 11) is 0. The van der Waals surface area contributed by atoms with Crippen molar-refractivity contribution in [1.82, 2.24) is 4.98 Å². The zero-order valence-corrected chi connectivity index (χ0v) is 21.2. The van der Waals surface area contributed by atoms with E-state index in [1.807, 2.05) is 18.3 Å². The van der Waals surface area contributed by atoms with Crippen molar-refractivity contribution in [2.75, 3.05) is 0 Å². The van der Waals surface area contributed by atoms with Gasteiger partial charge in [0.25, 0.3) is 0 Å². The van der Waals surface area contributed by atoms with E-state index in [-0.39, 0.29) is 0 Å². The summed E-state index contributed by atoms with van der Waals surface area (Å²) in [5.74, 6) is 2.31. The molecule has 0 unspecified atom stereocenters. The molecule has 0 atom stereocenters. The van der Waals surface area contributed by atoms with E-state index in [1.54, 1.807) is 0 Å². The Morgan fingerprint density at radius 1 is 0.645 bits per heavy atom. The molecule has 0 saturated heterocycles. The smallest absolute Gasteiger partial charge is 0.0701 e. The summed E-state index contributed by atoms with van der Waals surface area (Å²) >= 11 is 0. The summed E-state index contributed by atoms with van der Waals surface area (Å²) in [6.45, 7) is 14.6. The van der Waals surface area contributed by atoms with E-state index in [4.69, 9.17) is 0 Å². The number of aryl methyl sites for hydroxylation is 1. The second kappa shape index (κ2) is 13.0. The number of aromatic nitrogens is 1. The molecule has 1 heteroatoms. The maximum Gasteiger partial charge on any atom is 0.0701 e. The second-order valence-corrected chi connectivity index (χ2v) is 10.5. The third-order valence-corrected chi connectivity index (χ3v) is 7.71. The van der Waals surface area contributed by atoms with Crippen molar-refractivity contribution in [2.24, 2.45) is 23.2 Å². The molecule has 0 bridgehead atoms. The first-order chi connectivity index (χ1) is 14.9. The lowest BCUT2D eigenvalue weighted by molar-refractivity contribution is 0.0356. The third kappa shape index (κ3) is 7.48. The van der Waals surface area contributed by atoms with Gasteiger partial charge in [0.15, 0.2) is 0 Å². The molecule has 0 saturated carbocycles. The number of unbranched alkanes of at least 4 members (excludes halogenated alkanes) is 6. The van der Waals surface area contributed by atoms with Gasteiger partial charge in [-0.05, 0) is 60.1 Å². The van der Waals surface area contributed by atoms with Crippen LogP contribution in [0.3, 0.4) is 0 Å². The van der Waals surface area contributed by atoms with Crippen LogP contribution in [0.15, 0.2) is 48.7 Å². The summed E-state index contributed by atoms with van der Waals surface area (Å²) in [6.07, 6.45) is 14.1. The highest BCUT2D eigenvalue weighted by Crippen LogP contribution is 2.47. The first kappa shape index (κ1) is 25.6. The fraction of sp³-hybridized carbons (Fsp3) is 0.633. The predicted molar refractivity (Wildman–Crippen MR) is 137 cm³/mol. The van der Waals surface area contributed by atoms with Crippen molar-refractivity contribution in [3.05, 3.63) is 54.2 Å². The molecule has 0 aliphatic carbocycles. The van der Waals surface area contributed by atoms with Crippen molar-refractivity contribution in [1.29, 1.82) is 0 Å². The van der Waals surface area contributed by atoms with Gasteiger partial charge in [0, 0.05) is 11.8 Å². The Balaban J connectivity index is 1.59. The van der Waals surface area contributed by atoms with Gasteiger partial charge in [0.05, 0.1) is 5.69 Å². The van der Waals surface area contributed by atoms with Crippen LogP contribution in [0.1, 0.15) is 98.5 Å². The van der Waals surface area contributed by atoms with Gasteiger partial charge in [0.2, 0.25) is 0 Å². The summed E-state index contributed by atoms with van der Waals surface area (Å²) in [5, 5.41) is 0. The number of nitrogens with zero attached hydrogens (tertiary/aromatic N) is 1. The fourth-order valence-electron chi connectivity index (χ4n) is 5.89. The van der Waals surface area contributed by atoms with Crippen LogP contribution in [-0.4, -0.2) is 4.98 Å². The molecule has 0 aliphatic heterocycles. The zero-order chi connectivity index (χ0) is 22.7. The zero-order valence-electron chi connectivity index (χ0n) is 21.2. The van der Waals surface area contributed by atoms with E-state index in [0.29, 0.717) is 5.41 Å². The molecule has 0 amide bonds. The minimum absolute atomic E-state index is 0.506. The number of benzene rings is 1. The quantitative estimate of drug-likeness (QED) is 0.277. The lowest BCUT2D eigenvalue weighted by atomic mass is 9.60. The van der Waals surface area contributed by atoms with Gasteiger partial charge in [-0.1, -0.05) is 110 Å². The summed E-state index contributed by atoms with van der Waals surface area (Å²) in [5.41, 5.74) is 4.22. The molecule has 2 rings (SSSR count). The predicted octanol–water partition coefficient (Wildman–Crippen LogP) is 9.37. The maximum absolute atomic E-state index is 4.43. The monoisotopic (exact) mass is 421 g/mol. The normalized spacial score (nSPS) is 12.3. The summed E-state index contributed by atoms with van der Waals surface area (Å²) in [4.78, 5) is 4.43. The lowest BCUT2D eigenvalue weighted by Crippen LogP contribution is -2.38. The highest BCUT2D eigenvalue weighted by atomic mass is 14.7. The molecule has 0 spiro atoms. The molecule has 1 aromatic carbocycles. The van der Waals surface area contributed by atoms with Crippen LogP contribution < -0.4 is 0 Å². The molecule has 31 heavy (non-hydrogen) atoms. The fourth-order valence-corrected chi connectivity index (χ4v) is 5.89. The summed E-state index contributed by atoms with van der Waals surface area (Å²) < 4.78 is 0. The summed E-state index contributed by atoms with van der Waals surface area (Å²) in [6, 6.07) is 15.1. The largest absolute Gasteiger partial charge is 0.256 e. The van der Waals surface area contributed by atoms with E-state index in [0.717, 1.165) is 23.4 Å². The van der Waals surface area contributed by atoms with E-state index >= 15 is 0 Å². The first-order valence-corrected chi connectivity index (χ1v) is 12.9. The second-order valence-electron chi connectivity index (χ2n) is 10.5. The van der Waals surface area contributed by atoms with Gasteiger partial charge in [0.1, 0.15) is 0 Å². The molecule has 0 N–H and O–H groups in total. The minimum Gasteiger partial charge on any atom is -0.256 e. The van der Waals surface area contributed by atoms with Crippen LogP contribution in [0.25, 0.3) is 11.3 Å². The molecule has 1 aromatic heterocycles. The van der Waals surface area contributed by atoms with E-state index in [2.05, 4.69) is 76.9 Å². The number of hydrogen-bond acceptors (Lipinski definition) is 1. The SMILES string of the molecule is CC(C)C(CCCCCCCCCc1ccc(-c2ccccn2)cc1)(C(C)C)C(C)C. The minimum atomic E-state index is 0.506. The lowest BCUT2D eigenvalue weighted by Gasteiger charge is -2.45. The van der Waals surface area contributed by atoms with Gasteiger partial charge in [-0.2, -0.15) is 0 Å². The van der Waals surface area contributed by atoms with Crippen molar-refractivity contribution < 1.29 is 0 Å². The Labute approximate surface area is 193 Å². The Morgan fingerprint density at radius 3 is 1.71 bits per heavy atom. The van der Waals surface area contributed by atoms with E-state index < -0.39 is 0 Å². The standard InChI is InChI=1S/C30H47N/c1-24(2)30(25(3)4,26(5)6)22-14-11-9-7-8-10-12-16-27-18-20-28(21-19-27)29-17-13-15-23-31-29/h13,15,17-21,23-26H,7-12,14,16,22H2,1-6H3. The molecule has 1 heterocycles. The number of rotatable bonds is 14. The van der Waals surface area contributed by atoms with Gasteiger partial charge in [-0.15, -0.1) is 0 Å². The number of pyridine rings is 1. The average Bonchev–Trinajstić information content (AvgIpc) is 2.75. The van der Waals surface area contributed by atoms with Crippen molar-refractivity contribution in [3.8, 4) is 11.3 Å².